The Morgan fingerprint density at radius 2 is 1.53 bits per heavy atom. The lowest BCUT2D eigenvalue weighted by Gasteiger charge is -2.26. The van der Waals surface area contributed by atoms with E-state index in [1.165, 1.54) is 17.5 Å². The maximum Gasteiger partial charge on any atom is 0.00884 e. The summed E-state index contributed by atoms with van der Waals surface area (Å²) >= 11 is 3.64. The molecule has 0 saturated carbocycles. The molecule has 0 aliphatic rings. The summed E-state index contributed by atoms with van der Waals surface area (Å²) in [4.78, 5) is 0. The predicted octanol–water partition coefficient (Wildman–Crippen LogP) is 5.34. The van der Waals surface area contributed by atoms with E-state index in [2.05, 4.69) is 74.8 Å². The molecule has 1 rings (SSSR count). The summed E-state index contributed by atoms with van der Waals surface area (Å²) in [5, 5.41) is 1.07. The van der Waals surface area contributed by atoms with E-state index < -0.39 is 0 Å². The summed E-state index contributed by atoms with van der Waals surface area (Å²) in [6.45, 7) is 11.4. The topological polar surface area (TPSA) is 0 Å². The van der Waals surface area contributed by atoms with Crippen molar-refractivity contribution < 1.29 is 0 Å². The first-order valence-corrected chi connectivity index (χ1v) is 7.58. The third kappa shape index (κ3) is 4.13. The second-order valence-electron chi connectivity index (χ2n) is 6.42. The highest BCUT2D eigenvalue weighted by Crippen LogP contribution is 2.30. The Hall–Kier alpha value is -0.300. The van der Waals surface area contributed by atoms with Crippen LogP contribution >= 0.6 is 15.9 Å². The van der Waals surface area contributed by atoms with E-state index in [0.29, 0.717) is 5.41 Å². The summed E-state index contributed by atoms with van der Waals surface area (Å²) in [6.07, 6.45) is 2.36. The molecule has 0 bridgehead atoms. The highest BCUT2D eigenvalue weighted by Gasteiger charge is 2.21. The third-order valence-electron chi connectivity index (χ3n) is 3.63. The molecular formula is C16H25Br. The highest BCUT2D eigenvalue weighted by atomic mass is 79.9. The first kappa shape index (κ1) is 14.8. The van der Waals surface area contributed by atoms with E-state index in [1.807, 2.05) is 0 Å². The summed E-state index contributed by atoms with van der Waals surface area (Å²) < 4.78 is 0. The normalized spacial score (nSPS) is 15.6. The molecule has 1 aromatic rings. The fraction of sp³-hybridized carbons (Fsp3) is 0.625. The molecule has 1 unspecified atom stereocenters. The van der Waals surface area contributed by atoms with E-state index in [9.17, 15) is 0 Å². The third-order valence-corrected chi connectivity index (χ3v) is 4.98. The van der Waals surface area contributed by atoms with Gasteiger partial charge in [-0.15, -0.1) is 0 Å². The molecule has 0 radical (unpaired) electrons. The van der Waals surface area contributed by atoms with Crippen LogP contribution in [0, 0.1) is 5.41 Å². The molecule has 0 N–H and O–H groups in total. The number of hydrogen-bond acceptors (Lipinski definition) is 0. The van der Waals surface area contributed by atoms with Crippen LogP contribution in [-0.4, -0.2) is 5.33 Å². The van der Waals surface area contributed by atoms with Crippen LogP contribution in [0.3, 0.4) is 0 Å². The lowest BCUT2D eigenvalue weighted by Crippen LogP contribution is -2.20. The Labute approximate surface area is 115 Å². The Balaban J connectivity index is 2.82. The zero-order valence-corrected chi connectivity index (χ0v) is 13.4. The second-order valence-corrected chi connectivity index (χ2v) is 6.98. The van der Waals surface area contributed by atoms with Gasteiger partial charge in [-0.05, 0) is 34.8 Å². The monoisotopic (exact) mass is 296 g/mol. The minimum Gasteiger partial charge on any atom is -0.0922 e. The molecular weight excluding hydrogens is 272 g/mol. The number of hydrogen-bond donors (Lipinski definition) is 0. The number of rotatable bonds is 4. The molecule has 0 aliphatic carbocycles. The lowest BCUT2D eigenvalue weighted by molar-refractivity contribution is 0.361. The smallest absolute Gasteiger partial charge is 0.00884 e. The van der Waals surface area contributed by atoms with Crippen molar-refractivity contribution in [3.63, 3.8) is 0 Å². The van der Waals surface area contributed by atoms with Crippen LogP contribution < -0.4 is 0 Å². The molecule has 0 aliphatic heterocycles. The zero-order valence-electron chi connectivity index (χ0n) is 11.8. The number of alkyl halides is 1. The van der Waals surface area contributed by atoms with Gasteiger partial charge in [0.2, 0.25) is 0 Å². The Morgan fingerprint density at radius 1 is 1.00 bits per heavy atom. The summed E-state index contributed by atoms with van der Waals surface area (Å²) in [6, 6.07) is 9.13. The van der Waals surface area contributed by atoms with Crippen molar-refractivity contribution in [1.29, 1.82) is 0 Å². The molecule has 0 fully saturated rings. The molecule has 0 heterocycles. The van der Waals surface area contributed by atoms with Gasteiger partial charge >= 0.3 is 0 Å². The Kier molecular flexibility index (Phi) is 4.83. The molecule has 17 heavy (non-hydrogen) atoms. The van der Waals surface area contributed by atoms with Crippen molar-refractivity contribution in [2.75, 3.05) is 5.33 Å². The lowest BCUT2D eigenvalue weighted by atomic mass is 9.81. The predicted molar refractivity (Wildman–Crippen MR) is 81.0 cm³/mol. The summed E-state index contributed by atoms with van der Waals surface area (Å²) in [5.74, 6) is 0. The summed E-state index contributed by atoms with van der Waals surface area (Å²) in [7, 11) is 0. The van der Waals surface area contributed by atoms with Gasteiger partial charge in [-0.2, -0.15) is 0 Å². The Morgan fingerprint density at radius 3 is 1.88 bits per heavy atom. The van der Waals surface area contributed by atoms with Crippen molar-refractivity contribution in [3.8, 4) is 0 Å². The van der Waals surface area contributed by atoms with E-state index in [4.69, 9.17) is 0 Å². The zero-order chi connectivity index (χ0) is 13.1. The fourth-order valence-electron chi connectivity index (χ4n) is 1.88. The standard InChI is InChI=1S/C16H25Br/c1-6-16(5,12-17)11-13-7-9-14(10-8-13)15(2,3)4/h7-10H,6,11-12H2,1-5H3. The van der Waals surface area contributed by atoms with Crippen LogP contribution in [0.25, 0.3) is 0 Å². The van der Waals surface area contributed by atoms with Gasteiger partial charge in [0.05, 0.1) is 0 Å². The average molecular weight is 297 g/mol. The van der Waals surface area contributed by atoms with Gasteiger partial charge in [-0.1, -0.05) is 74.8 Å². The highest BCUT2D eigenvalue weighted by molar-refractivity contribution is 9.09. The molecule has 0 saturated heterocycles. The van der Waals surface area contributed by atoms with E-state index in [1.54, 1.807) is 0 Å². The van der Waals surface area contributed by atoms with Crippen molar-refractivity contribution in [3.05, 3.63) is 35.4 Å². The Bertz CT molecular complexity index is 339. The van der Waals surface area contributed by atoms with Crippen LogP contribution in [0.15, 0.2) is 24.3 Å². The van der Waals surface area contributed by atoms with Gasteiger partial charge in [-0.3, -0.25) is 0 Å². The van der Waals surface area contributed by atoms with Gasteiger partial charge in [0.1, 0.15) is 0 Å². The molecule has 0 spiro atoms. The van der Waals surface area contributed by atoms with Crippen LogP contribution in [0.5, 0.6) is 0 Å². The molecule has 96 valence electrons. The molecule has 1 atom stereocenters. The largest absolute Gasteiger partial charge is 0.0922 e. The average Bonchev–Trinajstić information content (AvgIpc) is 2.28. The van der Waals surface area contributed by atoms with E-state index in [0.717, 1.165) is 11.8 Å². The molecule has 0 amide bonds. The SMILES string of the molecule is CCC(C)(CBr)Cc1ccc(C(C)(C)C)cc1. The summed E-state index contributed by atoms with van der Waals surface area (Å²) in [5.41, 5.74) is 3.49. The number of benzene rings is 1. The first-order chi connectivity index (χ1) is 7.80. The van der Waals surface area contributed by atoms with Gasteiger partial charge in [0, 0.05) is 5.33 Å². The van der Waals surface area contributed by atoms with Crippen molar-refractivity contribution >= 4 is 15.9 Å². The van der Waals surface area contributed by atoms with Crippen molar-refractivity contribution in [2.45, 2.75) is 52.9 Å². The van der Waals surface area contributed by atoms with Gasteiger partial charge in [0.25, 0.3) is 0 Å². The van der Waals surface area contributed by atoms with E-state index >= 15 is 0 Å². The van der Waals surface area contributed by atoms with E-state index in [-0.39, 0.29) is 5.41 Å². The molecule has 0 nitrogen and oxygen atoms in total. The fourth-order valence-corrected chi connectivity index (χ4v) is 2.48. The van der Waals surface area contributed by atoms with Crippen LogP contribution in [0.1, 0.15) is 52.2 Å². The second kappa shape index (κ2) is 5.56. The first-order valence-electron chi connectivity index (χ1n) is 6.46. The minimum absolute atomic E-state index is 0.252. The maximum atomic E-state index is 3.64. The number of halogens is 1. The quantitative estimate of drug-likeness (QED) is 0.658. The molecule has 1 heteroatoms. The van der Waals surface area contributed by atoms with Gasteiger partial charge in [0.15, 0.2) is 0 Å². The van der Waals surface area contributed by atoms with Crippen LogP contribution in [0.4, 0.5) is 0 Å². The van der Waals surface area contributed by atoms with Gasteiger partial charge in [-0.25, -0.2) is 0 Å². The van der Waals surface area contributed by atoms with Crippen molar-refractivity contribution in [1.82, 2.24) is 0 Å². The van der Waals surface area contributed by atoms with Crippen LogP contribution in [-0.2, 0) is 11.8 Å². The minimum atomic E-state index is 0.252. The van der Waals surface area contributed by atoms with Gasteiger partial charge < -0.3 is 0 Å². The van der Waals surface area contributed by atoms with Crippen LogP contribution in [0.2, 0.25) is 0 Å². The van der Waals surface area contributed by atoms with Crippen molar-refractivity contribution in [2.24, 2.45) is 5.41 Å². The molecule has 0 aromatic heterocycles. The maximum absolute atomic E-state index is 3.64. The molecule has 1 aromatic carbocycles.